The van der Waals surface area contributed by atoms with Gasteiger partial charge in [-0.05, 0) is 50.9 Å². The van der Waals surface area contributed by atoms with Crippen molar-refractivity contribution in [2.45, 2.75) is 33.1 Å². The van der Waals surface area contributed by atoms with E-state index < -0.39 is 0 Å². The number of guanidine groups is 1. The molecule has 1 fully saturated rings. The molecule has 1 aliphatic heterocycles. The lowest BCUT2D eigenvalue weighted by atomic mass is 10.1. The molecule has 27 heavy (non-hydrogen) atoms. The van der Waals surface area contributed by atoms with E-state index in [2.05, 4.69) is 40.3 Å². The molecule has 0 atom stereocenters. The normalized spacial score (nSPS) is 16.5. The number of nitrogens with zero attached hydrogens (tertiary/aromatic N) is 3. The zero-order valence-electron chi connectivity index (χ0n) is 17.0. The van der Waals surface area contributed by atoms with Crippen molar-refractivity contribution in [2.75, 3.05) is 58.9 Å². The molecule has 1 aliphatic rings. The molecule has 2 N–H and O–H groups in total. The van der Waals surface area contributed by atoms with Gasteiger partial charge in [-0.3, -0.25) is 4.99 Å². The fourth-order valence-corrected chi connectivity index (χ4v) is 3.56. The van der Waals surface area contributed by atoms with Crippen molar-refractivity contribution in [3.8, 4) is 0 Å². The van der Waals surface area contributed by atoms with Crippen LogP contribution in [-0.2, 0) is 6.42 Å². The highest BCUT2D eigenvalue weighted by Crippen LogP contribution is 2.14. The Morgan fingerprint density at radius 2 is 1.78 bits per heavy atom. The number of hydrogen-bond donors (Lipinski definition) is 2. The van der Waals surface area contributed by atoms with Gasteiger partial charge >= 0.3 is 0 Å². The van der Waals surface area contributed by atoms with E-state index in [1.807, 2.05) is 18.2 Å². The van der Waals surface area contributed by atoms with Crippen molar-refractivity contribution < 1.29 is 0 Å². The fraction of sp³-hybridized carbons (Fsp3) is 0.667. The highest BCUT2D eigenvalue weighted by Gasteiger charge is 2.14. The van der Waals surface area contributed by atoms with Crippen LogP contribution in [0.15, 0.2) is 29.3 Å². The Morgan fingerprint density at radius 3 is 2.48 bits per heavy atom. The minimum atomic E-state index is 0.831. The number of halogens is 1. The van der Waals surface area contributed by atoms with E-state index in [1.54, 1.807) is 0 Å². The van der Waals surface area contributed by atoms with Crippen LogP contribution < -0.4 is 10.6 Å². The minimum absolute atomic E-state index is 0.831. The molecule has 6 heteroatoms. The van der Waals surface area contributed by atoms with Gasteiger partial charge < -0.3 is 20.4 Å². The van der Waals surface area contributed by atoms with Gasteiger partial charge in [0, 0.05) is 50.8 Å². The third-order valence-corrected chi connectivity index (χ3v) is 5.42. The van der Waals surface area contributed by atoms with Gasteiger partial charge in [0.05, 0.1) is 0 Å². The second-order valence-corrected chi connectivity index (χ2v) is 7.42. The Morgan fingerprint density at radius 1 is 1.04 bits per heavy atom. The summed E-state index contributed by atoms with van der Waals surface area (Å²) in [6.45, 7) is 14.2. The second-order valence-electron chi connectivity index (χ2n) is 7.01. The van der Waals surface area contributed by atoms with Gasteiger partial charge in [0.1, 0.15) is 0 Å². The molecule has 1 saturated heterocycles. The summed E-state index contributed by atoms with van der Waals surface area (Å²) in [5, 5.41) is 7.57. The Kier molecular flexibility index (Phi) is 10.6. The van der Waals surface area contributed by atoms with Crippen LogP contribution in [0.3, 0.4) is 0 Å². The summed E-state index contributed by atoms with van der Waals surface area (Å²) in [5.74, 6) is 0.904. The summed E-state index contributed by atoms with van der Waals surface area (Å²) in [6, 6.07) is 8.02. The van der Waals surface area contributed by atoms with Gasteiger partial charge in [0.2, 0.25) is 0 Å². The summed E-state index contributed by atoms with van der Waals surface area (Å²) < 4.78 is 0. The van der Waals surface area contributed by atoms with E-state index in [-0.39, 0.29) is 0 Å². The summed E-state index contributed by atoms with van der Waals surface area (Å²) in [5.41, 5.74) is 1.17. The molecule has 0 aliphatic carbocycles. The first-order valence-corrected chi connectivity index (χ1v) is 10.8. The predicted octanol–water partition coefficient (Wildman–Crippen LogP) is 2.86. The lowest BCUT2D eigenvalue weighted by molar-refractivity contribution is 0.136. The van der Waals surface area contributed by atoms with E-state index in [1.165, 1.54) is 51.3 Å². The zero-order chi connectivity index (χ0) is 19.3. The highest BCUT2D eigenvalue weighted by atomic mass is 35.5. The molecular weight excluding hydrogens is 358 g/mol. The molecule has 0 unspecified atom stereocenters. The molecule has 2 rings (SSSR count). The molecule has 1 aromatic carbocycles. The lowest BCUT2D eigenvalue weighted by Gasteiger charge is -2.33. The maximum absolute atomic E-state index is 6.22. The van der Waals surface area contributed by atoms with Gasteiger partial charge in [-0.25, -0.2) is 0 Å². The Bertz CT molecular complexity index is 555. The number of hydrogen-bond acceptors (Lipinski definition) is 3. The molecule has 0 amide bonds. The lowest BCUT2D eigenvalue weighted by Crippen LogP contribution is -2.46. The number of aliphatic imine (C=N–C) groups is 1. The quantitative estimate of drug-likeness (QED) is 0.364. The zero-order valence-corrected chi connectivity index (χ0v) is 17.8. The topological polar surface area (TPSA) is 42.9 Å². The smallest absolute Gasteiger partial charge is 0.191 e. The number of benzene rings is 1. The third kappa shape index (κ3) is 8.50. The van der Waals surface area contributed by atoms with Crippen molar-refractivity contribution >= 4 is 17.6 Å². The van der Waals surface area contributed by atoms with Crippen molar-refractivity contribution in [2.24, 2.45) is 4.99 Å². The van der Waals surface area contributed by atoms with E-state index in [0.717, 1.165) is 43.5 Å². The molecule has 0 saturated carbocycles. The minimum Gasteiger partial charge on any atom is -0.357 e. The van der Waals surface area contributed by atoms with Crippen LogP contribution in [0.2, 0.25) is 5.02 Å². The molecule has 1 aromatic rings. The number of nitrogens with one attached hydrogen (secondary N) is 2. The summed E-state index contributed by atoms with van der Waals surface area (Å²) in [7, 11) is 0. The van der Waals surface area contributed by atoms with E-state index in [4.69, 9.17) is 16.6 Å². The Hall–Kier alpha value is -1.30. The van der Waals surface area contributed by atoms with Crippen LogP contribution in [-0.4, -0.2) is 74.7 Å². The third-order valence-electron chi connectivity index (χ3n) is 5.05. The molecule has 1 heterocycles. The number of likely N-dealkylation sites (N-methyl/N-ethyl adjacent to an activating group) is 1. The van der Waals surface area contributed by atoms with Gasteiger partial charge in [0.15, 0.2) is 5.96 Å². The second kappa shape index (κ2) is 13.0. The van der Waals surface area contributed by atoms with Crippen molar-refractivity contribution in [3.05, 3.63) is 34.9 Å². The van der Waals surface area contributed by atoms with Crippen LogP contribution in [0, 0.1) is 0 Å². The predicted molar refractivity (Wildman–Crippen MR) is 117 cm³/mol. The van der Waals surface area contributed by atoms with Crippen LogP contribution >= 0.6 is 11.6 Å². The maximum Gasteiger partial charge on any atom is 0.191 e. The van der Waals surface area contributed by atoms with Crippen LogP contribution in [0.4, 0.5) is 0 Å². The van der Waals surface area contributed by atoms with Crippen molar-refractivity contribution in [1.29, 1.82) is 0 Å². The first kappa shape index (κ1) is 22.0. The van der Waals surface area contributed by atoms with Gasteiger partial charge in [-0.1, -0.05) is 36.7 Å². The average Bonchev–Trinajstić information content (AvgIpc) is 2.69. The van der Waals surface area contributed by atoms with E-state index in [9.17, 15) is 0 Å². The monoisotopic (exact) mass is 393 g/mol. The van der Waals surface area contributed by atoms with Gasteiger partial charge in [-0.15, -0.1) is 0 Å². The summed E-state index contributed by atoms with van der Waals surface area (Å²) in [6.07, 6.45) is 3.25. The SMILES string of the molecule is CCNC(=NCCCCN1CCN(CC)CC1)NCCc1ccccc1Cl. The Balaban J connectivity index is 1.62. The van der Waals surface area contributed by atoms with Gasteiger partial charge in [0.25, 0.3) is 0 Å². The molecule has 0 aromatic heterocycles. The molecule has 0 bridgehead atoms. The summed E-state index contributed by atoms with van der Waals surface area (Å²) in [4.78, 5) is 9.82. The van der Waals surface area contributed by atoms with Crippen molar-refractivity contribution in [3.63, 3.8) is 0 Å². The molecule has 5 nitrogen and oxygen atoms in total. The number of piperazine rings is 1. The summed E-state index contributed by atoms with van der Waals surface area (Å²) >= 11 is 6.22. The number of unbranched alkanes of at least 4 members (excludes halogenated alkanes) is 1. The van der Waals surface area contributed by atoms with Crippen LogP contribution in [0.25, 0.3) is 0 Å². The maximum atomic E-state index is 6.22. The largest absolute Gasteiger partial charge is 0.357 e. The molecule has 152 valence electrons. The van der Waals surface area contributed by atoms with Crippen LogP contribution in [0.1, 0.15) is 32.3 Å². The fourth-order valence-electron chi connectivity index (χ4n) is 3.33. The Labute approximate surface area is 170 Å². The molecule has 0 radical (unpaired) electrons. The first-order valence-electron chi connectivity index (χ1n) is 10.4. The van der Waals surface area contributed by atoms with Crippen molar-refractivity contribution in [1.82, 2.24) is 20.4 Å². The van der Waals surface area contributed by atoms with Crippen LogP contribution in [0.5, 0.6) is 0 Å². The van der Waals surface area contributed by atoms with E-state index in [0.29, 0.717) is 0 Å². The van der Waals surface area contributed by atoms with E-state index >= 15 is 0 Å². The molecular formula is C21H36ClN5. The van der Waals surface area contributed by atoms with Gasteiger partial charge in [-0.2, -0.15) is 0 Å². The molecule has 0 spiro atoms. The average molecular weight is 394 g/mol. The first-order chi connectivity index (χ1) is 13.2. The number of rotatable bonds is 10. The standard InChI is InChI=1S/C21H36ClN5/c1-3-23-21(25-13-11-19-9-5-6-10-20(19)22)24-12-7-8-14-27-17-15-26(4-2)16-18-27/h5-6,9-10H,3-4,7-8,11-18H2,1-2H3,(H2,23,24,25). The highest BCUT2D eigenvalue weighted by molar-refractivity contribution is 6.31.